The van der Waals surface area contributed by atoms with Gasteiger partial charge in [0.15, 0.2) is 0 Å². The molecule has 0 aromatic rings. The first-order valence-electron chi connectivity index (χ1n) is 4.27. The second kappa shape index (κ2) is 2.21. The lowest BCUT2D eigenvalue weighted by molar-refractivity contribution is 0.291. The summed E-state index contributed by atoms with van der Waals surface area (Å²) in [5, 5.41) is 0. The van der Waals surface area contributed by atoms with Crippen molar-refractivity contribution < 1.29 is 4.74 Å². The minimum atomic E-state index is 0. The van der Waals surface area contributed by atoms with Gasteiger partial charge in [0.05, 0.1) is 6.10 Å². The van der Waals surface area contributed by atoms with E-state index in [1.165, 1.54) is 19.3 Å². The van der Waals surface area contributed by atoms with E-state index in [0.717, 1.165) is 0 Å². The standard InChI is InChI=1S/C10H14O/c1-3-8-6-5-7-9-10(8,4-2)11-9/h3-4,8-9H,1-2,5-7H2. The number of fused-ring (bicyclic) bond motifs is 1. The van der Waals surface area contributed by atoms with Crippen LogP contribution in [0.2, 0.25) is 0 Å². The number of ether oxygens (including phenoxy) is 1. The van der Waals surface area contributed by atoms with Crippen LogP contribution in [0.5, 0.6) is 0 Å². The summed E-state index contributed by atoms with van der Waals surface area (Å²) in [6, 6.07) is 0. The van der Waals surface area contributed by atoms with Gasteiger partial charge < -0.3 is 4.74 Å². The molecule has 2 fully saturated rings. The molecule has 1 saturated carbocycles. The Labute approximate surface area is 67.7 Å². The van der Waals surface area contributed by atoms with Crippen molar-refractivity contribution in [2.45, 2.75) is 31.0 Å². The van der Waals surface area contributed by atoms with Gasteiger partial charge in [0.2, 0.25) is 0 Å². The molecule has 0 amide bonds. The summed E-state index contributed by atoms with van der Waals surface area (Å²) in [5.41, 5.74) is 0. The molecule has 60 valence electrons. The van der Waals surface area contributed by atoms with Crippen LogP contribution in [0.3, 0.4) is 0 Å². The summed E-state index contributed by atoms with van der Waals surface area (Å²) in [5.74, 6) is 0.513. The Morgan fingerprint density at radius 2 is 2.18 bits per heavy atom. The molecule has 1 heterocycles. The Kier molecular flexibility index (Phi) is 1.43. The maximum absolute atomic E-state index is 5.63. The highest BCUT2D eigenvalue weighted by molar-refractivity contribution is 5.22. The van der Waals surface area contributed by atoms with Gasteiger partial charge in [0.25, 0.3) is 0 Å². The SMILES string of the molecule is C=CC1CCCC2OC12C=C. The zero-order valence-corrected chi connectivity index (χ0v) is 6.75. The van der Waals surface area contributed by atoms with E-state index >= 15 is 0 Å². The summed E-state index contributed by atoms with van der Waals surface area (Å²) in [6.45, 7) is 7.65. The van der Waals surface area contributed by atoms with Crippen LogP contribution in [0.1, 0.15) is 19.3 Å². The lowest BCUT2D eigenvalue weighted by Gasteiger charge is -2.21. The van der Waals surface area contributed by atoms with Crippen LogP contribution in [0.4, 0.5) is 0 Å². The van der Waals surface area contributed by atoms with Crippen molar-refractivity contribution in [1.82, 2.24) is 0 Å². The first-order valence-corrected chi connectivity index (χ1v) is 4.27. The first kappa shape index (κ1) is 7.11. The Hall–Kier alpha value is -0.560. The van der Waals surface area contributed by atoms with E-state index in [1.54, 1.807) is 0 Å². The van der Waals surface area contributed by atoms with Crippen LogP contribution in [0, 0.1) is 5.92 Å². The van der Waals surface area contributed by atoms with Crippen molar-refractivity contribution in [1.29, 1.82) is 0 Å². The highest BCUT2D eigenvalue weighted by atomic mass is 16.6. The van der Waals surface area contributed by atoms with Gasteiger partial charge in [-0.15, -0.1) is 13.2 Å². The predicted octanol–water partition coefficient (Wildman–Crippen LogP) is 2.30. The smallest absolute Gasteiger partial charge is 0.119 e. The van der Waals surface area contributed by atoms with Crippen molar-refractivity contribution in [3.63, 3.8) is 0 Å². The lowest BCUT2D eigenvalue weighted by Crippen LogP contribution is -2.26. The molecule has 1 nitrogen and oxygen atoms in total. The molecule has 11 heavy (non-hydrogen) atoms. The molecule has 2 aliphatic rings. The summed E-state index contributed by atoms with van der Waals surface area (Å²) in [4.78, 5) is 0. The van der Waals surface area contributed by atoms with Crippen molar-refractivity contribution in [2.75, 3.05) is 0 Å². The zero-order valence-electron chi connectivity index (χ0n) is 6.75. The van der Waals surface area contributed by atoms with E-state index in [0.29, 0.717) is 12.0 Å². The zero-order chi connectivity index (χ0) is 7.90. The summed E-state index contributed by atoms with van der Waals surface area (Å²) in [7, 11) is 0. The fourth-order valence-corrected chi connectivity index (χ4v) is 2.20. The molecule has 0 spiro atoms. The summed E-state index contributed by atoms with van der Waals surface area (Å²) >= 11 is 0. The molecule has 2 rings (SSSR count). The Morgan fingerprint density at radius 3 is 2.73 bits per heavy atom. The quantitative estimate of drug-likeness (QED) is 0.434. The fraction of sp³-hybridized carbons (Fsp3) is 0.600. The van der Waals surface area contributed by atoms with Gasteiger partial charge in [0.1, 0.15) is 5.60 Å². The van der Waals surface area contributed by atoms with Crippen LogP contribution in [0.15, 0.2) is 25.3 Å². The van der Waals surface area contributed by atoms with Crippen LogP contribution in [0.25, 0.3) is 0 Å². The third kappa shape index (κ3) is 0.807. The fourth-order valence-electron chi connectivity index (χ4n) is 2.20. The van der Waals surface area contributed by atoms with Gasteiger partial charge >= 0.3 is 0 Å². The molecule has 3 atom stereocenters. The van der Waals surface area contributed by atoms with E-state index in [4.69, 9.17) is 4.74 Å². The minimum Gasteiger partial charge on any atom is -0.361 e. The first-order chi connectivity index (χ1) is 5.33. The number of rotatable bonds is 2. The third-order valence-electron chi connectivity index (χ3n) is 2.96. The van der Waals surface area contributed by atoms with E-state index in [1.807, 2.05) is 12.2 Å². The second-order valence-corrected chi connectivity index (χ2v) is 3.44. The molecule has 0 aromatic heterocycles. The Morgan fingerprint density at radius 1 is 1.36 bits per heavy atom. The van der Waals surface area contributed by atoms with Gasteiger partial charge in [-0.3, -0.25) is 0 Å². The van der Waals surface area contributed by atoms with Gasteiger partial charge in [-0.05, 0) is 12.8 Å². The molecule has 3 unspecified atom stereocenters. The molecule has 1 heteroatoms. The van der Waals surface area contributed by atoms with E-state index < -0.39 is 0 Å². The third-order valence-corrected chi connectivity index (χ3v) is 2.96. The van der Waals surface area contributed by atoms with E-state index in [2.05, 4.69) is 13.2 Å². The van der Waals surface area contributed by atoms with Crippen LogP contribution in [-0.2, 0) is 4.74 Å². The topological polar surface area (TPSA) is 12.5 Å². The highest BCUT2D eigenvalue weighted by Gasteiger charge is 2.59. The number of epoxide rings is 1. The van der Waals surface area contributed by atoms with Crippen LogP contribution < -0.4 is 0 Å². The molecule has 1 aliphatic heterocycles. The Balaban J connectivity index is 2.19. The van der Waals surface area contributed by atoms with Crippen molar-refractivity contribution >= 4 is 0 Å². The second-order valence-electron chi connectivity index (χ2n) is 3.44. The van der Waals surface area contributed by atoms with Gasteiger partial charge in [-0.2, -0.15) is 0 Å². The molecule has 0 radical (unpaired) electrons. The number of hydrogen-bond acceptors (Lipinski definition) is 1. The van der Waals surface area contributed by atoms with Gasteiger partial charge in [0, 0.05) is 5.92 Å². The lowest BCUT2D eigenvalue weighted by atomic mass is 9.79. The van der Waals surface area contributed by atoms with Crippen molar-refractivity contribution in [3.05, 3.63) is 25.3 Å². The van der Waals surface area contributed by atoms with Gasteiger partial charge in [-0.1, -0.05) is 18.6 Å². The molecule has 1 aliphatic carbocycles. The highest BCUT2D eigenvalue weighted by Crippen LogP contribution is 2.52. The Bertz CT molecular complexity index is 197. The molecular weight excluding hydrogens is 136 g/mol. The largest absolute Gasteiger partial charge is 0.361 e. The van der Waals surface area contributed by atoms with Crippen LogP contribution in [-0.4, -0.2) is 11.7 Å². The molecule has 0 N–H and O–H groups in total. The van der Waals surface area contributed by atoms with Crippen molar-refractivity contribution in [3.8, 4) is 0 Å². The number of hydrogen-bond donors (Lipinski definition) is 0. The molecule has 0 bridgehead atoms. The monoisotopic (exact) mass is 150 g/mol. The molecular formula is C10H14O. The molecule has 0 aromatic carbocycles. The van der Waals surface area contributed by atoms with Gasteiger partial charge in [-0.25, -0.2) is 0 Å². The average Bonchev–Trinajstić information content (AvgIpc) is 2.78. The maximum atomic E-state index is 5.63. The maximum Gasteiger partial charge on any atom is 0.119 e. The predicted molar refractivity (Wildman–Crippen MR) is 45.3 cm³/mol. The molecule has 1 saturated heterocycles. The van der Waals surface area contributed by atoms with E-state index in [-0.39, 0.29) is 5.60 Å². The van der Waals surface area contributed by atoms with Crippen molar-refractivity contribution in [2.24, 2.45) is 5.92 Å². The minimum absolute atomic E-state index is 0. The van der Waals surface area contributed by atoms with Crippen LogP contribution >= 0.6 is 0 Å². The normalized spacial score (nSPS) is 47.6. The van der Waals surface area contributed by atoms with E-state index in [9.17, 15) is 0 Å². The average molecular weight is 150 g/mol. The summed E-state index contributed by atoms with van der Waals surface area (Å²) < 4.78 is 5.63. The summed E-state index contributed by atoms with van der Waals surface area (Å²) in [6.07, 6.45) is 8.13.